The van der Waals surface area contributed by atoms with Crippen LogP contribution in [0.1, 0.15) is 30.5 Å². The zero-order chi connectivity index (χ0) is 18.1. The van der Waals surface area contributed by atoms with Crippen LogP contribution in [0, 0.1) is 6.92 Å². The van der Waals surface area contributed by atoms with Crippen LogP contribution in [0.3, 0.4) is 0 Å². The molecule has 0 bridgehead atoms. The van der Waals surface area contributed by atoms with Crippen molar-refractivity contribution in [2.75, 3.05) is 11.6 Å². The van der Waals surface area contributed by atoms with E-state index >= 15 is 0 Å². The molecule has 26 heavy (non-hydrogen) atoms. The minimum atomic E-state index is -0.0796. The van der Waals surface area contributed by atoms with Crippen molar-refractivity contribution in [3.8, 4) is 0 Å². The van der Waals surface area contributed by atoms with Crippen LogP contribution < -0.4 is 4.90 Å². The molecule has 1 aliphatic rings. The first kappa shape index (κ1) is 16.6. The monoisotopic (exact) mass is 341 g/mol. The van der Waals surface area contributed by atoms with E-state index in [0.29, 0.717) is 0 Å². The first-order valence-corrected chi connectivity index (χ1v) is 9.17. The van der Waals surface area contributed by atoms with E-state index in [4.69, 9.17) is 0 Å². The molecule has 0 aliphatic carbocycles. The second-order valence-electron chi connectivity index (χ2n) is 7.44. The summed E-state index contributed by atoms with van der Waals surface area (Å²) in [4.78, 5) is 2.48. The molecule has 1 aliphatic heterocycles. The quantitative estimate of drug-likeness (QED) is 0.560. The maximum Gasteiger partial charge on any atom is 0.225 e. The topological polar surface area (TPSA) is 6.25 Å². The summed E-state index contributed by atoms with van der Waals surface area (Å²) < 4.78 is 2.39. The zero-order valence-electron chi connectivity index (χ0n) is 15.7. The molecule has 0 fully saturated rings. The van der Waals surface area contributed by atoms with Gasteiger partial charge in [-0.3, -0.25) is 0 Å². The summed E-state index contributed by atoms with van der Waals surface area (Å²) in [7, 11) is 0. The third kappa shape index (κ3) is 2.82. The first-order valence-electron chi connectivity index (χ1n) is 9.17. The molecule has 0 spiro atoms. The number of hydrogen-bond acceptors (Lipinski definition) is 1. The highest BCUT2D eigenvalue weighted by molar-refractivity contribution is 5.77. The minimum Gasteiger partial charge on any atom is -0.307 e. The van der Waals surface area contributed by atoms with Gasteiger partial charge in [0.1, 0.15) is 0 Å². The van der Waals surface area contributed by atoms with Gasteiger partial charge in [0.2, 0.25) is 12.4 Å². The molecule has 0 amide bonds. The molecule has 0 saturated carbocycles. The molecule has 1 heterocycles. The van der Waals surface area contributed by atoms with Crippen LogP contribution in [0.15, 0.2) is 78.9 Å². The largest absolute Gasteiger partial charge is 0.307 e. The Labute approximate surface area is 156 Å². The van der Waals surface area contributed by atoms with Crippen molar-refractivity contribution in [3.63, 3.8) is 0 Å². The average Bonchev–Trinajstić information content (AvgIpc) is 2.66. The van der Waals surface area contributed by atoms with Gasteiger partial charge in [-0.25, -0.2) is 0 Å². The van der Waals surface area contributed by atoms with Gasteiger partial charge in [0.15, 0.2) is 6.21 Å². The van der Waals surface area contributed by atoms with Crippen molar-refractivity contribution in [3.05, 3.63) is 95.6 Å². The first-order chi connectivity index (χ1) is 12.6. The Bertz CT molecular complexity index is 940. The number of anilines is 1. The van der Waals surface area contributed by atoms with Gasteiger partial charge >= 0.3 is 0 Å². The Morgan fingerprint density at radius 1 is 0.846 bits per heavy atom. The molecule has 2 heteroatoms. The second-order valence-corrected chi connectivity index (χ2v) is 7.44. The van der Waals surface area contributed by atoms with Crippen molar-refractivity contribution < 1.29 is 4.58 Å². The lowest BCUT2D eigenvalue weighted by Gasteiger charge is -2.42. The Kier molecular flexibility index (Phi) is 4.12. The molecule has 130 valence electrons. The fourth-order valence-electron chi connectivity index (χ4n) is 3.92. The van der Waals surface area contributed by atoms with Gasteiger partial charge in [-0.2, -0.15) is 4.58 Å². The van der Waals surface area contributed by atoms with E-state index in [1.807, 2.05) is 0 Å². The Hall–Kier alpha value is -2.87. The SMILES string of the molecule is Cc1cccc2c1/[N+](=C/c1ccccc1)CN(c1ccccc1)C2(C)C. The summed E-state index contributed by atoms with van der Waals surface area (Å²) in [5.41, 5.74) is 6.39. The van der Waals surface area contributed by atoms with E-state index in [2.05, 4.69) is 115 Å². The standard InChI is InChI=1S/C24H25N2/c1-19-11-10-16-22-23(19)25(17-20-12-6-4-7-13-20)18-26(24(22,2)3)21-14-8-5-9-15-21/h4-17H,18H2,1-3H3/q+1/b25-17+. The summed E-state index contributed by atoms with van der Waals surface area (Å²) in [5.74, 6) is 0. The smallest absolute Gasteiger partial charge is 0.225 e. The van der Waals surface area contributed by atoms with E-state index in [1.165, 1.54) is 28.1 Å². The summed E-state index contributed by atoms with van der Waals surface area (Å²) in [5, 5.41) is 0. The lowest BCUT2D eigenvalue weighted by atomic mass is 9.86. The summed E-state index contributed by atoms with van der Waals surface area (Å²) >= 11 is 0. The maximum atomic E-state index is 2.48. The molecule has 0 atom stereocenters. The number of rotatable bonds is 2. The lowest BCUT2D eigenvalue weighted by molar-refractivity contribution is -0.443. The van der Waals surface area contributed by atoms with Crippen LogP contribution in [-0.2, 0) is 5.54 Å². The molecular weight excluding hydrogens is 316 g/mol. The molecule has 0 N–H and O–H groups in total. The van der Waals surface area contributed by atoms with Crippen molar-refractivity contribution >= 4 is 17.6 Å². The molecule has 0 unspecified atom stereocenters. The molecule has 0 aromatic heterocycles. The number of hydrogen-bond donors (Lipinski definition) is 0. The van der Waals surface area contributed by atoms with E-state index in [1.54, 1.807) is 0 Å². The number of aryl methyl sites for hydroxylation is 1. The van der Waals surface area contributed by atoms with Crippen molar-refractivity contribution in [2.45, 2.75) is 26.3 Å². The minimum absolute atomic E-state index is 0.0796. The van der Waals surface area contributed by atoms with E-state index in [0.717, 1.165) is 6.67 Å². The Morgan fingerprint density at radius 2 is 1.50 bits per heavy atom. The highest BCUT2D eigenvalue weighted by atomic mass is 15.3. The number of para-hydroxylation sites is 2. The molecule has 3 aromatic rings. The predicted octanol–water partition coefficient (Wildman–Crippen LogP) is 5.47. The van der Waals surface area contributed by atoms with Crippen LogP contribution >= 0.6 is 0 Å². The molecule has 2 nitrogen and oxygen atoms in total. The van der Waals surface area contributed by atoms with Crippen LogP contribution in [0.5, 0.6) is 0 Å². The molecule has 3 aromatic carbocycles. The van der Waals surface area contributed by atoms with Gasteiger partial charge in [0.25, 0.3) is 0 Å². The van der Waals surface area contributed by atoms with Gasteiger partial charge in [-0.05, 0) is 45.0 Å². The number of benzene rings is 3. The summed E-state index contributed by atoms with van der Waals surface area (Å²) in [6, 6.07) is 27.9. The number of fused-ring (bicyclic) bond motifs is 1. The van der Waals surface area contributed by atoms with E-state index in [9.17, 15) is 0 Å². The van der Waals surface area contributed by atoms with Gasteiger partial charge in [0, 0.05) is 22.4 Å². The molecular formula is C24H25N2+. The highest BCUT2D eigenvalue weighted by Crippen LogP contribution is 2.42. The van der Waals surface area contributed by atoms with Crippen LogP contribution in [-0.4, -0.2) is 17.5 Å². The van der Waals surface area contributed by atoms with E-state index in [-0.39, 0.29) is 5.54 Å². The molecule has 0 saturated heterocycles. The zero-order valence-corrected chi connectivity index (χ0v) is 15.7. The van der Waals surface area contributed by atoms with Crippen molar-refractivity contribution in [1.29, 1.82) is 0 Å². The lowest BCUT2D eigenvalue weighted by Crippen LogP contribution is -2.49. The van der Waals surface area contributed by atoms with Gasteiger partial charge in [-0.1, -0.05) is 54.6 Å². The number of nitrogens with zero attached hydrogens (tertiary/aromatic N) is 2. The van der Waals surface area contributed by atoms with Crippen molar-refractivity contribution in [2.24, 2.45) is 0 Å². The Morgan fingerprint density at radius 3 is 2.19 bits per heavy atom. The molecule has 0 radical (unpaired) electrons. The normalized spacial score (nSPS) is 17.2. The third-order valence-corrected chi connectivity index (χ3v) is 5.33. The highest BCUT2D eigenvalue weighted by Gasteiger charge is 2.41. The second kappa shape index (κ2) is 6.45. The fraction of sp³-hybridized carbons (Fsp3) is 0.208. The van der Waals surface area contributed by atoms with Gasteiger partial charge in [-0.15, -0.1) is 0 Å². The van der Waals surface area contributed by atoms with Gasteiger partial charge < -0.3 is 4.90 Å². The maximum absolute atomic E-state index is 2.48. The summed E-state index contributed by atoms with van der Waals surface area (Å²) in [6.45, 7) is 7.67. The van der Waals surface area contributed by atoms with Crippen molar-refractivity contribution in [1.82, 2.24) is 0 Å². The third-order valence-electron chi connectivity index (χ3n) is 5.33. The van der Waals surface area contributed by atoms with Crippen LogP contribution in [0.25, 0.3) is 0 Å². The summed E-state index contributed by atoms with van der Waals surface area (Å²) in [6.07, 6.45) is 2.26. The van der Waals surface area contributed by atoms with Crippen LogP contribution in [0.2, 0.25) is 0 Å². The molecule has 4 rings (SSSR count). The van der Waals surface area contributed by atoms with Gasteiger partial charge in [0.05, 0.1) is 5.54 Å². The Balaban J connectivity index is 1.92. The van der Waals surface area contributed by atoms with E-state index < -0.39 is 0 Å². The predicted molar refractivity (Wildman–Crippen MR) is 110 cm³/mol. The average molecular weight is 341 g/mol. The van der Waals surface area contributed by atoms with Crippen LogP contribution in [0.4, 0.5) is 11.4 Å². The fourth-order valence-corrected chi connectivity index (χ4v) is 3.92.